The number of anilines is 2. The molecule has 1 aliphatic rings. The summed E-state index contributed by atoms with van der Waals surface area (Å²) in [6.45, 7) is 4.55. The summed E-state index contributed by atoms with van der Waals surface area (Å²) >= 11 is 3.24. The number of amides is 1. The number of thiophene rings is 1. The number of hydrogen-bond acceptors (Lipinski definition) is 5. The first-order chi connectivity index (χ1) is 13.2. The van der Waals surface area contributed by atoms with E-state index in [-0.39, 0.29) is 5.91 Å². The molecule has 1 aliphatic heterocycles. The highest BCUT2D eigenvalue weighted by Crippen LogP contribution is 2.26. The van der Waals surface area contributed by atoms with Crippen molar-refractivity contribution < 1.29 is 4.79 Å². The quantitative estimate of drug-likeness (QED) is 0.636. The molecule has 0 radical (unpaired) electrons. The highest BCUT2D eigenvalue weighted by molar-refractivity contribution is 7.14. The minimum atomic E-state index is -0.0308. The van der Waals surface area contributed by atoms with Gasteiger partial charge in [0.05, 0.1) is 12.1 Å². The highest BCUT2D eigenvalue weighted by Gasteiger charge is 2.16. The average Bonchev–Trinajstić information content (AvgIpc) is 3.35. The average molecular weight is 398 g/mol. The van der Waals surface area contributed by atoms with Gasteiger partial charge in [-0.25, -0.2) is 4.98 Å². The van der Waals surface area contributed by atoms with E-state index in [1.807, 2.05) is 22.9 Å². The zero-order valence-corrected chi connectivity index (χ0v) is 17.0. The Hall–Kier alpha value is -2.18. The number of benzene rings is 1. The first-order valence-electron chi connectivity index (χ1n) is 9.29. The second-order valence-electron chi connectivity index (χ2n) is 7.10. The third-order valence-corrected chi connectivity index (χ3v) is 6.58. The van der Waals surface area contributed by atoms with Gasteiger partial charge in [-0.15, -0.1) is 11.3 Å². The van der Waals surface area contributed by atoms with Crippen LogP contribution >= 0.6 is 22.7 Å². The van der Waals surface area contributed by atoms with Crippen molar-refractivity contribution in [3.8, 4) is 10.6 Å². The third-order valence-electron chi connectivity index (χ3n) is 4.96. The van der Waals surface area contributed by atoms with Gasteiger partial charge in [-0.2, -0.15) is 11.3 Å². The van der Waals surface area contributed by atoms with Crippen LogP contribution in [0.1, 0.15) is 25.5 Å². The Morgan fingerprint density at radius 3 is 2.67 bits per heavy atom. The Kier molecular flexibility index (Phi) is 5.55. The molecule has 0 atom stereocenters. The normalized spacial score (nSPS) is 15.1. The van der Waals surface area contributed by atoms with Crippen molar-refractivity contribution in [2.24, 2.45) is 5.92 Å². The van der Waals surface area contributed by atoms with E-state index in [2.05, 4.69) is 45.7 Å². The number of hydrogen-bond donors (Lipinski definition) is 1. The monoisotopic (exact) mass is 397 g/mol. The van der Waals surface area contributed by atoms with Crippen molar-refractivity contribution in [3.63, 3.8) is 0 Å². The number of nitrogens with zero attached hydrogens (tertiary/aromatic N) is 2. The fourth-order valence-electron chi connectivity index (χ4n) is 3.30. The second kappa shape index (κ2) is 8.23. The lowest BCUT2D eigenvalue weighted by atomic mass is 9.99. The molecule has 2 aromatic heterocycles. The molecule has 6 heteroatoms. The number of piperidine rings is 1. The lowest BCUT2D eigenvalue weighted by molar-refractivity contribution is -0.115. The molecule has 0 bridgehead atoms. The fourth-order valence-corrected chi connectivity index (χ4v) is 4.83. The fraction of sp³-hybridized carbons (Fsp3) is 0.333. The van der Waals surface area contributed by atoms with Crippen molar-refractivity contribution in [2.45, 2.75) is 26.2 Å². The summed E-state index contributed by atoms with van der Waals surface area (Å²) in [5, 5.41) is 10.0. The first-order valence-corrected chi connectivity index (χ1v) is 11.1. The molecule has 1 amide bonds. The molecule has 0 saturated carbocycles. The lowest BCUT2D eigenvalue weighted by Gasteiger charge is -2.32. The molecule has 1 saturated heterocycles. The molecule has 1 fully saturated rings. The van der Waals surface area contributed by atoms with Crippen molar-refractivity contribution >= 4 is 40.0 Å². The number of thiazole rings is 1. The van der Waals surface area contributed by atoms with Gasteiger partial charge in [0.15, 0.2) is 0 Å². The van der Waals surface area contributed by atoms with E-state index in [1.165, 1.54) is 18.5 Å². The molecular formula is C21H23N3OS2. The summed E-state index contributed by atoms with van der Waals surface area (Å²) < 4.78 is 0. The van der Waals surface area contributed by atoms with Crippen molar-refractivity contribution in [3.05, 3.63) is 52.2 Å². The molecule has 3 heterocycles. The summed E-state index contributed by atoms with van der Waals surface area (Å²) in [5.74, 6) is 0.794. The molecule has 1 N–H and O–H groups in total. The van der Waals surface area contributed by atoms with Gasteiger partial charge < -0.3 is 10.2 Å². The van der Waals surface area contributed by atoms with Crippen LogP contribution in [-0.2, 0) is 11.2 Å². The molecule has 140 valence electrons. The molecular weight excluding hydrogens is 374 g/mol. The number of carbonyl (C=O) groups is 1. The number of nitrogens with one attached hydrogen (secondary N) is 1. The van der Waals surface area contributed by atoms with E-state index in [0.29, 0.717) is 6.42 Å². The summed E-state index contributed by atoms with van der Waals surface area (Å²) in [6, 6.07) is 10.2. The first kappa shape index (κ1) is 18.2. The number of carbonyl (C=O) groups excluding carboxylic acids is 1. The van der Waals surface area contributed by atoms with Crippen LogP contribution in [0.3, 0.4) is 0 Å². The van der Waals surface area contributed by atoms with E-state index < -0.39 is 0 Å². The molecule has 0 unspecified atom stereocenters. The summed E-state index contributed by atoms with van der Waals surface area (Å²) in [4.78, 5) is 19.3. The standard InChI is InChI=1S/C21H23N3OS2/c1-15-6-9-24(10-7-15)19-4-2-17(3-5-19)22-20(25)12-18-14-27-21(23-18)16-8-11-26-13-16/h2-5,8,11,13-15H,6-7,9-10,12H2,1H3,(H,22,25). The molecule has 0 spiro atoms. The van der Waals surface area contributed by atoms with E-state index in [1.54, 1.807) is 22.7 Å². The Morgan fingerprint density at radius 1 is 1.19 bits per heavy atom. The van der Waals surface area contributed by atoms with Crippen molar-refractivity contribution in [1.29, 1.82) is 0 Å². The second-order valence-corrected chi connectivity index (χ2v) is 8.74. The van der Waals surface area contributed by atoms with Crippen LogP contribution in [0.15, 0.2) is 46.5 Å². The highest BCUT2D eigenvalue weighted by atomic mass is 32.1. The maximum absolute atomic E-state index is 12.3. The lowest BCUT2D eigenvalue weighted by Crippen LogP contribution is -2.32. The Morgan fingerprint density at radius 2 is 1.96 bits per heavy atom. The van der Waals surface area contributed by atoms with Gasteiger partial charge in [-0.1, -0.05) is 6.92 Å². The van der Waals surface area contributed by atoms with Crippen LogP contribution in [-0.4, -0.2) is 24.0 Å². The van der Waals surface area contributed by atoms with Gasteiger partial charge in [-0.05, 0) is 54.5 Å². The van der Waals surface area contributed by atoms with Crippen molar-refractivity contribution in [1.82, 2.24) is 4.98 Å². The van der Waals surface area contributed by atoms with E-state index in [4.69, 9.17) is 0 Å². The predicted molar refractivity (Wildman–Crippen MR) is 115 cm³/mol. The SMILES string of the molecule is CC1CCN(c2ccc(NC(=O)Cc3csc(-c4ccsc4)n3)cc2)CC1. The van der Waals surface area contributed by atoms with E-state index in [0.717, 1.165) is 41.0 Å². The maximum Gasteiger partial charge on any atom is 0.230 e. The molecule has 0 aliphatic carbocycles. The molecule has 4 rings (SSSR count). The maximum atomic E-state index is 12.3. The predicted octanol–water partition coefficient (Wildman–Crippen LogP) is 5.29. The summed E-state index contributed by atoms with van der Waals surface area (Å²) in [5.41, 5.74) is 4.01. The minimum absolute atomic E-state index is 0.0308. The zero-order valence-electron chi connectivity index (χ0n) is 15.4. The third kappa shape index (κ3) is 4.57. The zero-order chi connectivity index (χ0) is 18.6. The minimum Gasteiger partial charge on any atom is -0.372 e. The summed E-state index contributed by atoms with van der Waals surface area (Å²) in [7, 11) is 0. The smallest absolute Gasteiger partial charge is 0.230 e. The van der Waals surface area contributed by atoms with Gasteiger partial charge >= 0.3 is 0 Å². The van der Waals surface area contributed by atoms with Gasteiger partial charge in [0.25, 0.3) is 0 Å². The van der Waals surface area contributed by atoms with Gasteiger partial charge in [0.2, 0.25) is 5.91 Å². The van der Waals surface area contributed by atoms with Crippen LogP contribution < -0.4 is 10.2 Å². The van der Waals surface area contributed by atoms with Gasteiger partial charge in [-0.3, -0.25) is 4.79 Å². The van der Waals surface area contributed by atoms with Crippen LogP contribution in [0.25, 0.3) is 10.6 Å². The Balaban J connectivity index is 1.33. The Labute approximate surface area is 167 Å². The van der Waals surface area contributed by atoms with Crippen LogP contribution in [0.2, 0.25) is 0 Å². The van der Waals surface area contributed by atoms with Crippen LogP contribution in [0, 0.1) is 5.92 Å². The van der Waals surface area contributed by atoms with Crippen molar-refractivity contribution in [2.75, 3.05) is 23.3 Å². The van der Waals surface area contributed by atoms with Crippen LogP contribution in [0.4, 0.5) is 11.4 Å². The van der Waals surface area contributed by atoms with Gasteiger partial charge in [0.1, 0.15) is 5.01 Å². The molecule has 4 nitrogen and oxygen atoms in total. The molecule has 3 aromatic rings. The molecule has 1 aromatic carbocycles. The van der Waals surface area contributed by atoms with Gasteiger partial charge in [0, 0.05) is 40.8 Å². The van der Waals surface area contributed by atoms with Crippen LogP contribution in [0.5, 0.6) is 0 Å². The molecule has 27 heavy (non-hydrogen) atoms. The Bertz CT molecular complexity index is 879. The van der Waals surface area contributed by atoms with E-state index in [9.17, 15) is 4.79 Å². The van der Waals surface area contributed by atoms with E-state index >= 15 is 0 Å². The number of aromatic nitrogens is 1. The number of rotatable bonds is 5. The largest absolute Gasteiger partial charge is 0.372 e. The topological polar surface area (TPSA) is 45.2 Å². The summed E-state index contributed by atoms with van der Waals surface area (Å²) in [6.07, 6.45) is 2.80.